The minimum atomic E-state index is -1.12. The first-order valence-electron chi connectivity index (χ1n) is 6.06. The Morgan fingerprint density at radius 3 is 2.30 bits per heavy atom. The van der Waals surface area contributed by atoms with Gasteiger partial charge in [0, 0.05) is 21.6 Å². The minimum Gasteiger partial charge on any atom is -0.392 e. The lowest BCUT2D eigenvalue weighted by atomic mass is 10.2. The van der Waals surface area contributed by atoms with Gasteiger partial charge >= 0.3 is 0 Å². The van der Waals surface area contributed by atoms with Crippen molar-refractivity contribution in [3.8, 4) is 0 Å². The van der Waals surface area contributed by atoms with E-state index in [1.165, 1.54) is 12.1 Å². The van der Waals surface area contributed by atoms with E-state index in [2.05, 4.69) is 0 Å². The van der Waals surface area contributed by atoms with Crippen LogP contribution in [0.25, 0.3) is 0 Å². The summed E-state index contributed by atoms with van der Waals surface area (Å²) >= 11 is 5.91. The summed E-state index contributed by atoms with van der Waals surface area (Å²) in [5.74, 6) is 0.296. The quantitative estimate of drug-likeness (QED) is 0.918. The van der Waals surface area contributed by atoms with Crippen molar-refractivity contribution in [3.05, 3.63) is 70.0 Å². The first-order valence-corrected chi connectivity index (χ1v) is 7.92. The van der Waals surface area contributed by atoms with Crippen molar-refractivity contribution in [1.29, 1.82) is 0 Å². The Morgan fingerprint density at radius 1 is 1.05 bits per heavy atom. The molecular formula is C15H14ClFO2S. The summed E-state index contributed by atoms with van der Waals surface area (Å²) in [4.78, 5) is 0. The average molecular weight is 313 g/mol. The van der Waals surface area contributed by atoms with Crippen LogP contribution in [0.2, 0.25) is 5.02 Å². The first kappa shape index (κ1) is 15.2. The van der Waals surface area contributed by atoms with Crippen molar-refractivity contribution < 1.29 is 13.7 Å². The number of hydrogen-bond acceptors (Lipinski definition) is 2. The summed E-state index contributed by atoms with van der Waals surface area (Å²) in [5, 5.41) is 9.25. The maximum absolute atomic E-state index is 12.9. The van der Waals surface area contributed by atoms with Gasteiger partial charge in [-0.1, -0.05) is 41.9 Å². The Morgan fingerprint density at radius 2 is 1.70 bits per heavy atom. The highest BCUT2D eigenvalue weighted by atomic mass is 35.5. The molecule has 0 aliphatic heterocycles. The van der Waals surface area contributed by atoms with E-state index in [1.54, 1.807) is 18.2 Å². The van der Waals surface area contributed by atoms with E-state index in [1.807, 2.05) is 12.1 Å². The van der Waals surface area contributed by atoms with Crippen LogP contribution in [0.3, 0.4) is 0 Å². The van der Waals surface area contributed by atoms with Gasteiger partial charge in [-0.05, 0) is 28.8 Å². The molecule has 0 aliphatic rings. The molecule has 2 rings (SSSR count). The number of hydrogen-bond donors (Lipinski definition) is 1. The lowest BCUT2D eigenvalue weighted by Gasteiger charge is -2.06. The molecule has 0 aromatic heterocycles. The third kappa shape index (κ3) is 4.13. The van der Waals surface area contributed by atoms with Gasteiger partial charge in [0.1, 0.15) is 5.82 Å². The van der Waals surface area contributed by atoms with Gasteiger partial charge in [0.2, 0.25) is 0 Å². The zero-order chi connectivity index (χ0) is 14.5. The monoisotopic (exact) mass is 312 g/mol. The molecule has 1 N–H and O–H groups in total. The van der Waals surface area contributed by atoms with E-state index >= 15 is 0 Å². The van der Waals surface area contributed by atoms with Crippen molar-refractivity contribution in [2.75, 3.05) is 0 Å². The van der Waals surface area contributed by atoms with E-state index in [0.29, 0.717) is 22.1 Å². The molecule has 5 heteroatoms. The number of aliphatic hydroxyl groups excluding tert-OH is 1. The van der Waals surface area contributed by atoms with Gasteiger partial charge in [0.25, 0.3) is 0 Å². The Bertz CT molecular complexity index is 614. The average Bonchev–Trinajstić information content (AvgIpc) is 2.43. The SMILES string of the molecule is O=S(Cc1ccc(CO)cc1)Cc1ccc(F)cc1Cl. The molecule has 0 spiro atoms. The van der Waals surface area contributed by atoms with Gasteiger partial charge in [-0.15, -0.1) is 0 Å². The Balaban J connectivity index is 2.01. The van der Waals surface area contributed by atoms with Gasteiger partial charge < -0.3 is 5.11 Å². The highest BCUT2D eigenvalue weighted by Crippen LogP contribution is 2.20. The molecule has 2 aromatic rings. The largest absolute Gasteiger partial charge is 0.392 e. The van der Waals surface area contributed by atoms with E-state index < -0.39 is 16.6 Å². The van der Waals surface area contributed by atoms with E-state index in [9.17, 15) is 8.60 Å². The highest BCUT2D eigenvalue weighted by Gasteiger charge is 2.08. The third-order valence-corrected chi connectivity index (χ3v) is 4.50. The van der Waals surface area contributed by atoms with Crippen molar-refractivity contribution >= 4 is 22.4 Å². The second-order valence-electron chi connectivity index (χ2n) is 4.44. The molecule has 0 aliphatic carbocycles. The molecule has 106 valence electrons. The molecule has 1 atom stereocenters. The first-order chi connectivity index (χ1) is 9.58. The molecule has 1 unspecified atom stereocenters. The van der Waals surface area contributed by atoms with Crippen LogP contribution in [-0.2, 0) is 28.9 Å². The van der Waals surface area contributed by atoms with Crippen LogP contribution in [0.1, 0.15) is 16.7 Å². The van der Waals surface area contributed by atoms with Gasteiger partial charge in [-0.3, -0.25) is 4.21 Å². The fourth-order valence-corrected chi connectivity index (χ4v) is 3.37. The van der Waals surface area contributed by atoms with Crippen LogP contribution in [0, 0.1) is 5.82 Å². The van der Waals surface area contributed by atoms with Gasteiger partial charge in [0.15, 0.2) is 0 Å². The van der Waals surface area contributed by atoms with Crippen LogP contribution in [-0.4, -0.2) is 9.32 Å². The summed E-state index contributed by atoms with van der Waals surface area (Å²) in [5.41, 5.74) is 2.43. The summed E-state index contributed by atoms with van der Waals surface area (Å²) in [7, 11) is -1.12. The molecule has 0 radical (unpaired) electrons. The maximum atomic E-state index is 12.9. The van der Waals surface area contributed by atoms with Crippen molar-refractivity contribution in [2.24, 2.45) is 0 Å². The zero-order valence-corrected chi connectivity index (χ0v) is 12.3. The molecule has 0 fully saturated rings. The number of benzene rings is 2. The summed E-state index contributed by atoms with van der Waals surface area (Å²) in [6.45, 7) is -0.00540. The Kier molecular flexibility index (Phi) is 5.29. The molecule has 0 saturated heterocycles. The van der Waals surface area contributed by atoms with E-state index in [-0.39, 0.29) is 6.61 Å². The molecule has 2 nitrogen and oxygen atoms in total. The topological polar surface area (TPSA) is 37.3 Å². The normalized spacial score (nSPS) is 12.3. The summed E-state index contributed by atoms with van der Waals surface area (Å²) < 4.78 is 25.0. The molecular weight excluding hydrogens is 299 g/mol. The van der Waals surface area contributed by atoms with Gasteiger partial charge in [-0.2, -0.15) is 0 Å². The van der Waals surface area contributed by atoms with Crippen LogP contribution < -0.4 is 0 Å². The van der Waals surface area contributed by atoms with E-state index in [4.69, 9.17) is 16.7 Å². The second-order valence-corrected chi connectivity index (χ2v) is 6.30. The van der Waals surface area contributed by atoms with Gasteiger partial charge in [0.05, 0.1) is 12.4 Å². The van der Waals surface area contributed by atoms with Crippen LogP contribution in [0.15, 0.2) is 42.5 Å². The predicted molar refractivity (Wildman–Crippen MR) is 79.3 cm³/mol. The highest BCUT2D eigenvalue weighted by molar-refractivity contribution is 7.83. The number of aliphatic hydroxyl groups is 1. The molecule has 2 aromatic carbocycles. The number of rotatable bonds is 5. The molecule has 20 heavy (non-hydrogen) atoms. The molecule has 0 amide bonds. The van der Waals surface area contributed by atoms with Crippen LogP contribution in [0.4, 0.5) is 4.39 Å². The number of halogens is 2. The fraction of sp³-hybridized carbons (Fsp3) is 0.200. The maximum Gasteiger partial charge on any atom is 0.124 e. The molecule has 0 saturated carbocycles. The molecule has 0 heterocycles. The predicted octanol–water partition coefficient (Wildman–Crippen LogP) is 3.42. The fourth-order valence-electron chi connectivity index (χ4n) is 1.79. The summed E-state index contributed by atoms with van der Waals surface area (Å²) in [6.07, 6.45) is 0. The Labute approximate surface area is 124 Å². The minimum absolute atomic E-state index is 0.00540. The molecule has 0 bridgehead atoms. The van der Waals surface area contributed by atoms with Crippen LogP contribution in [0.5, 0.6) is 0 Å². The zero-order valence-electron chi connectivity index (χ0n) is 10.7. The smallest absolute Gasteiger partial charge is 0.124 e. The third-order valence-electron chi connectivity index (χ3n) is 2.86. The van der Waals surface area contributed by atoms with Crippen molar-refractivity contribution in [2.45, 2.75) is 18.1 Å². The lowest BCUT2D eigenvalue weighted by Crippen LogP contribution is -2.00. The van der Waals surface area contributed by atoms with Crippen molar-refractivity contribution in [1.82, 2.24) is 0 Å². The van der Waals surface area contributed by atoms with Gasteiger partial charge in [-0.25, -0.2) is 4.39 Å². The van der Waals surface area contributed by atoms with E-state index in [0.717, 1.165) is 11.1 Å². The van der Waals surface area contributed by atoms with Crippen molar-refractivity contribution in [3.63, 3.8) is 0 Å². The lowest BCUT2D eigenvalue weighted by molar-refractivity contribution is 0.282. The second kappa shape index (κ2) is 6.97. The standard InChI is InChI=1S/C15H14ClFO2S/c16-15-7-14(17)6-5-13(15)10-20(19)9-12-3-1-11(8-18)2-4-12/h1-7,18H,8-10H2. The Hall–Kier alpha value is -1.23. The van der Waals surface area contributed by atoms with Crippen LogP contribution >= 0.6 is 11.6 Å². The summed E-state index contributed by atoms with van der Waals surface area (Å²) in [6, 6.07) is 11.4.